The molecule has 0 aromatic carbocycles. The van der Waals surface area contributed by atoms with E-state index in [0.29, 0.717) is 0 Å². The number of hydrogen-bond acceptors (Lipinski definition) is 4. The van der Waals surface area contributed by atoms with Gasteiger partial charge in [0.15, 0.2) is 0 Å². The molecule has 0 atom stereocenters. The van der Waals surface area contributed by atoms with E-state index >= 15 is 0 Å². The molecule has 0 fully saturated rings. The Kier molecular flexibility index (Phi) is 3.63. The molecule has 0 unspecified atom stereocenters. The maximum atomic E-state index is 11.6. The van der Waals surface area contributed by atoms with Gasteiger partial charge in [-0.25, -0.2) is 0 Å². The van der Waals surface area contributed by atoms with E-state index in [1.807, 2.05) is 0 Å². The first-order valence-corrected chi connectivity index (χ1v) is 3.48. The highest BCUT2D eigenvalue weighted by Crippen LogP contribution is 2.14. The van der Waals surface area contributed by atoms with Crippen LogP contribution in [0, 0.1) is 0 Å². The zero-order chi connectivity index (χ0) is 9.07. The van der Waals surface area contributed by atoms with Crippen molar-refractivity contribution in [3.05, 3.63) is 12.1 Å². The minimum absolute atomic E-state index is 2.58. The highest BCUT2D eigenvalue weighted by molar-refractivity contribution is 7.82. The van der Waals surface area contributed by atoms with Crippen LogP contribution in [0.25, 0.3) is 0 Å². The summed E-state index contributed by atoms with van der Waals surface area (Å²) in [6.45, 7) is 0. The van der Waals surface area contributed by atoms with Gasteiger partial charge in [0.2, 0.25) is 0 Å². The first-order valence-electron chi connectivity index (χ1n) is 1.84. The summed E-state index contributed by atoms with van der Waals surface area (Å²) in [4.78, 5) is 0. The second-order valence-electron chi connectivity index (χ2n) is 1.09. The number of rotatable bonds is 3. The third-order valence-corrected chi connectivity index (χ3v) is 1.37. The van der Waals surface area contributed by atoms with Gasteiger partial charge < -0.3 is 4.18 Å². The fourth-order valence-electron chi connectivity index (χ4n) is 0.134. The van der Waals surface area contributed by atoms with Gasteiger partial charge in [0.1, 0.15) is 0 Å². The predicted molar refractivity (Wildman–Crippen MR) is 27.3 cm³/mol. The summed E-state index contributed by atoms with van der Waals surface area (Å²) in [5.74, 6) is 0. The zero-order valence-corrected chi connectivity index (χ0v) is 6.13. The highest BCUT2D eigenvalue weighted by Gasteiger charge is 2.18. The Morgan fingerprint density at radius 1 is 1.27 bits per heavy atom. The van der Waals surface area contributed by atoms with Crippen LogP contribution >= 0.6 is 11.9 Å². The molecule has 0 bridgehead atoms. The first-order chi connectivity index (χ1) is 4.89. The smallest absolute Gasteiger partial charge is 0.325 e. The molecule has 0 rings (SSSR count). The molecular weight excluding hydrogens is 213 g/mol. The number of hydrogen-bond donors (Lipinski definition) is 0. The minimum atomic E-state index is -4.91. The van der Waals surface area contributed by atoms with Crippen LogP contribution in [0.3, 0.4) is 0 Å². The number of halogens is 4. The summed E-state index contributed by atoms with van der Waals surface area (Å²) >= 11 is 4.19. The molecule has 0 N–H and O–H groups in total. The summed E-state index contributed by atoms with van der Waals surface area (Å²) in [6.07, 6.45) is -2.93. The normalized spacial score (nSPS) is 10.9. The van der Waals surface area contributed by atoms with Crippen LogP contribution in [-0.2, 0) is 18.3 Å². The Hall–Kier alpha value is -0.470. The Labute approximate surface area is 64.7 Å². The molecular formula is C2ClF3O4S. The summed E-state index contributed by atoms with van der Waals surface area (Å²) in [5, 5.41) is 0. The van der Waals surface area contributed by atoms with Gasteiger partial charge in [0.25, 0.3) is 0 Å². The molecule has 0 saturated carbocycles. The summed E-state index contributed by atoms with van der Waals surface area (Å²) < 4.78 is 59.6. The van der Waals surface area contributed by atoms with Crippen molar-refractivity contribution < 1.29 is 29.5 Å². The van der Waals surface area contributed by atoms with Crippen molar-refractivity contribution in [2.24, 2.45) is 0 Å². The van der Waals surface area contributed by atoms with Crippen molar-refractivity contribution >= 4 is 22.3 Å². The van der Waals surface area contributed by atoms with Crippen LogP contribution in [0.1, 0.15) is 0 Å². The Morgan fingerprint density at radius 2 is 1.73 bits per heavy atom. The van der Waals surface area contributed by atoms with E-state index in [-0.39, 0.29) is 0 Å². The molecule has 0 saturated heterocycles. The van der Waals surface area contributed by atoms with Gasteiger partial charge in [0.05, 0.1) is 11.9 Å². The van der Waals surface area contributed by atoms with E-state index in [9.17, 15) is 21.6 Å². The molecule has 0 spiro atoms. The lowest BCUT2D eigenvalue weighted by Gasteiger charge is -1.96. The van der Waals surface area contributed by atoms with Gasteiger partial charge >= 0.3 is 22.5 Å². The average Bonchev–Trinajstić information content (AvgIpc) is 1.87. The molecule has 9 heteroatoms. The minimum Gasteiger partial charge on any atom is -0.325 e. The molecule has 0 aliphatic heterocycles. The third-order valence-electron chi connectivity index (χ3n) is 0.401. The van der Waals surface area contributed by atoms with Crippen molar-refractivity contribution in [3.8, 4) is 0 Å². The van der Waals surface area contributed by atoms with Crippen molar-refractivity contribution in [2.45, 2.75) is 0 Å². The van der Waals surface area contributed by atoms with Gasteiger partial charge in [-0.05, 0) is 0 Å². The standard InChI is InChI=1S/C2ClF3O4S/c3-10-11(7,8)9-2(6)1(4)5. The maximum absolute atomic E-state index is 11.6. The molecule has 4 nitrogen and oxygen atoms in total. The van der Waals surface area contributed by atoms with Crippen LogP contribution in [0.2, 0.25) is 0 Å². The van der Waals surface area contributed by atoms with Gasteiger partial charge in [-0.2, -0.15) is 21.6 Å². The molecule has 66 valence electrons. The lowest BCUT2D eigenvalue weighted by Crippen LogP contribution is -2.02. The van der Waals surface area contributed by atoms with E-state index in [1.165, 1.54) is 0 Å². The van der Waals surface area contributed by atoms with Crippen molar-refractivity contribution in [2.75, 3.05) is 0 Å². The Bertz CT molecular complexity index is 255. The van der Waals surface area contributed by atoms with Crippen molar-refractivity contribution in [3.63, 3.8) is 0 Å². The van der Waals surface area contributed by atoms with Crippen LogP contribution in [-0.4, -0.2) is 8.42 Å². The van der Waals surface area contributed by atoms with Gasteiger partial charge in [-0.3, -0.25) is 0 Å². The van der Waals surface area contributed by atoms with Crippen LogP contribution in [0.15, 0.2) is 12.1 Å². The second-order valence-corrected chi connectivity index (χ2v) is 2.58. The van der Waals surface area contributed by atoms with E-state index in [1.54, 1.807) is 0 Å². The lowest BCUT2D eigenvalue weighted by molar-refractivity contribution is 0.227. The fraction of sp³-hybridized carbons (Fsp3) is 0. The van der Waals surface area contributed by atoms with E-state index in [0.717, 1.165) is 0 Å². The molecule has 0 amide bonds. The third kappa shape index (κ3) is 4.06. The van der Waals surface area contributed by atoms with Gasteiger partial charge in [-0.1, -0.05) is 0 Å². The monoisotopic (exact) mass is 212 g/mol. The molecule has 0 aliphatic carbocycles. The Balaban J connectivity index is 4.42. The average molecular weight is 213 g/mol. The van der Waals surface area contributed by atoms with Gasteiger partial charge in [0, 0.05) is 0 Å². The molecule has 0 aromatic heterocycles. The second kappa shape index (κ2) is 3.79. The summed E-state index contributed by atoms with van der Waals surface area (Å²) in [7, 11) is -4.91. The van der Waals surface area contributed by atoms with Crippen LogP contribution in [0.5, 0.6) is 0 Å². The van der Waals surface area contributed by atoms with E-state index in [2.05, 4.69) is 19.8 Å². The maximum Gasteiger partial charge on any atom is 0.467 e. The summed E-state index contributed by atoms with van der Waals surface area (Å²) in [6, 6.07) is -2.58. The van der Waals surface area contributed by atoms with E-state index in [4.69, 9.17) is 0 Å². The molecule has 11 heavy (non-hydrogen) atoms. The molecule has 0 heterocycles. The summed E-state index contributed by atoms with van der Waals surface area (Å²) in [5.41, 5.74) is 0. The fourth-order valence-corrected chi connectivity index (χ4v) is 0.479. The zero-order valence-electron chi connectivity index (χ0n) is 4.55. The quantitative estimate of drug-likeness (QED) is 0.665. The predicted octanol–water partition coefficient (Wildman–Crippen LogP) is 1.45. The van der Waals surface area contributed by atoms with Crippen molar-refractivity contribution in [1.82, 2.24) is 0 Å². The van der Waals surface area contributed by atoms with Crippen molar-refractivity contribution in [1.29, 1.82) is 0 Å². The van der Waals surface area contributed by atoms with Gasteiger partial charge in [-0.15, -0.1) is 3.74 Å². The molecule has 0 aromatic rings. The Morgan fingerprint density at radius 3 is 2.00 bits per heavy atom. The van der Waals surface area contributed by atoms with Crippen LogP contribution < -0.4 is 0 Å². The largest absolute Gasteiger partial charge is 0.467 e. The molecule has 0 radical (unpaired) electrons. The lowest BCUT2D eigenvalue weighted by atomic mass is 11.0. The topological polar surface area (TPSA) is 52.6 Å². The first kappa shape index (κ1) is 10.5. The van der Waals surface area contributed by atoms with Crippen LogP contribution in [0.4, 0.5) is 13.2 Å². The highest BCUT2D eigenvalue weighted by atomic mass is 35.5. The SMILES string of the molecule is O=S(=O)(OCl)OC(F)=C(F)F. The van der Waals surface area contributed by atoms with E-state index < -0.39 is 22.5 Å². The molecule has 0 aliphatic rings.